The van der Waals surface area contributed by atoms with Crippen molar-refractivity contribution in [2.75, 3.05) is 26.7 Å². The highest BCUT2D eigenvalue weighted by Crippen LogP contribution is 2.36. The standard InChI is InChI=1S/C24H33N3O4/c1-17-7-6-8-18(2)27(17)22(29)15-26-16-24(12-11-21(28)25(3)14-13-24)31-20-10-5-4-9-19(20)23(26)30/h4-5,9-10,17-18H,6-8,11-16H2,1-3H3. The zero-order valence-corrected chi connectivity index (χ0v) is 18.8. The summed E-state index contributed by atoms with van der Waals surface area (Å²) in [6, 6.07) is 7.60. The number of para-hydroxylation sites is 1. The van der Waals surface area contributed by atoms with Gasteiger partial charge in [0.15, 0.2) is 0 Å². The Labute approximate surface area is 184 Å². The van der Waals surface area contributed by atoms with E-state index in [-0.39, 0.29) is 36.3 Å². The van der Waals surface area contributed by atoms with Gasteiger partial charge >= 0.3 is 0 Å². The maximum Gasteiger partial charge on any atom is 0.258 e. The quantitative estimate of drug-likeness (QED) is 0.728. The lowest BCUT2D eigenvalue weighted by Crippen LogP contribution is -2.54. The minimum absolute atomic E-state index is 0.00982. The lowest BCUT2D eigenvalue weighted by Gasteiger charge is -2.41. The van der Waals surface area contributed by atoms with Crippen molar-refractivity contribution >= 4 is 17.7 Å². The van der Waals surface area contributed by atoms with Crippen LogP contribution in [0.2, 0.25) is 0 Å². The number of fused-ring (bicyclic) bond motifs is 1. The van der Waals surface area contributed by atoms with Crippen LogP contribution in [0.4, 0.5) is 0 Å². The van der Waals surface area contributed by atoms with Gasteiger partial charge < -0.3 is 19.4 Å². The van der Waals surface area contributed by atoms with Crippen LogP contribution in [-0.2, 0) is 9.59 Å². The Morgan fingerprint density at radius 3 is 2.58 bits per heavy atom. The number of rotatable bonds is 2. The van der Waals surface area contributed by atoms with Gasteiger partial charge in [0.2, 0.25) is 11.8 Å². The van der Waals surface area contributed by atoms with Gasteiger partial charge in [0.25, 0.3) is 5.91 Å². The van der Waals surface area contributed by atoms with Crippen LogP contribution in [0.3, 0.4) is 0 Å². The number of carbonyl (C=O) groups is 3. The lowest BCUT2D eigenvalue weighted by atomic mass is 9.93. The summed E-state index contributed by atoms with van der Waals surface area (Å²) < 4.78 is 6.47. The molecule has 7 nitrogen and oxygen atoms in total. The van der Waals surface area contributed by atoms with Gasteiger partial charge in [-0.2, -0.15) is 0 Å². The number of hydrogen-bond acceptors (Lipinski definition) is 4. The van der Waals surface area contributed by atoms with E-state index in [2.05, 4.69) is 13.8 Å². The number of piperidine rings is 1. The molecule has 1 aromatic carbocycles. The number of likely N-dealkylation sites (tertiary alicyclic amines) is 2. The molecule has 7 heteroatoms. The van der Waals surface area contributed by atoms with Crippen LogP contribution in [0, 0.1) is 0 Å². The Hall–Kier alpha value is -2.57. The number of hydrogen-bond donors (Lipinski definition) is 0. The SMILES string of the molecule is CC1CCCC(C)N1C(=O)CN1CC2(CCC(=O)N(C)CC2)Oc2ccccc2C1=O. The van der Waals surface area contributed by atoms with Gasteiger partial charge in [-0.05, 0) is 51.7 Å². The largest absolute Gasteiger partial charge is 0.485 e. The molecule has 1 spiro atoms. The number of amides is 3. The molecule has 3 atom stereocenters. The molecule has 1 aromatic rings. The van der Waals surface area contributed by atoms with Crippen LogP contribution in [0.25, 0.3) is 0 Å². The van der Waals surface area contributed by atoms with E-state index in [1.807, 2.05) is 23.1 Å². The number of carbonyl (C=O) groups excluding carboxylic acids is 3. The van der Waals surface area contributed by atoms with Gasteiger partial charge in [-0.15, -0.1) is 0 Å². The molecule has 3 aliphatic rings. The first-order chi connectivity index (χ1) is 14.8. The zero-order chi connectivity index (χ0) is 22.2. The summed E-state index contributed by atoms with van der Waals surface area (Å²) in [6.45, 7) is 5.09. The molecule has 4 rings (SSSR count). The molecule has 0 saturated carbocycles. The van der Waals surface area contributed by atoms with Crippen molar-refractivity contribution in [2.45, 2.75) is 70.1 Å². The average Bonchev–Trinajstić information content (AvgIpc) is 2.94. The van der Waals surface area contributed by atoms with E-state index < -0.39 is 5.60 Å². The van der Waals surface area contributed by atoms with Gasteiger partial charge in [-0.3, -0.25) is 14.4 Å². The summed E-state index contributed by atoms with van der Waals surface area (Å²) in [4.78, 5) is 44.4. The van der Waals surface area contributed by atoms with Gasteiger partial charge in [-0.25, -0.2) is 0 Å². The molecular weight excluding hydrogens is 394 g/mol. The Balaban J connectivity index is 1.64. The van der Waals surface area contributed by atoms with Crippen LogP contribution in [-0.4, -0.2) is 76.8 Å². The van der Waals surface area contributed by atoms with E-state index in [1.54, 1.807) is 22.9 Å². The fourth-order valence-corrected chi connectivity index (χ4v) is 5.28. The number of benzene rings is 1. The summed E-state index contributed by atoms with van der Waals surface area (Å²) >= 11 is 0. The summed E-state index contributed by atoms with van der Waals surface area (Å²) in [5.41, 5.74) is -0.196. The second-order valence-electron chi connectivity index (χ2n) is 9.44. The Morgan fingerprint density at radius 1 is 1.13 bits per heavy atom. The number of nitrogens with zero attached hydrogens (tertiary/aromatic N) is 3. The Kier molecular flexibility index (Phi) is 5.95. The molecule has 0 aliphatic carbocycles. The van der Waals surface area contributed by atoms with Crippen molar-refractivity contribution in [3.63, 3.8) is 0 Å². The average molecular weight is 428 g/mol. The number of ether oxygens (including phenoxy) is 1. The van der Waals surface area contributed by atoms with Crippen molar-refractivity contribution in [3.05, 3.63) is 29.8 Å². The zero-order valence-electron chi connectivity index (χ0n) is 18.8. The highest BCUT2D eigenvalue weighted by Gasteiger charge is 2.43. The minimum atomic E-state index is -0.678. The monoisotopic (exact) mass is 427 g/mol. The molecule has 0 aromatic heterocycles. The van der Waals surface area contributed by atoms with E-state index in [9.17, 15) is 14.4 Å². The molecule has 168 valence electrons. The smallest absolute Gasteiger partial charge is 0.258 e. The first kappa shape index (κ1) is 21.7. The fourth-order valence-electron chi connectivity index (χ4n) is 5.28. The highest BCUT2D eigenvalue weighted by molar-refractivity contribution is 5.99. The second-order valence-corrected chi connectivity index (χ2v) is 9.44. The van der Waals surface area contributed by atoms with Crippen LogP contribution >= 0.6 is 0 Å². The van der Waals surface area contributed by atoms with Crippen LogP contribution in [0.15, 0.2) is 24.3 Å². The maximum atomic E-state index is 13.5. The van der Waals surface area contributed by atoms with Crippen molar-refractivity contribution < 1.29 is 19.1 Å². The topological polar surface area (TPSA) is 70.2 Å². The summed E-state index contributed by atoms with van der Waals surface area (Å²) in [6.07, 6.45) is 4.63. The summed E-state index contributed by atoms with van der Waals surface area (Å²) in [5.74, 6) is 0.438. The molecule has 3 unspecified atom stereocenters. The molecule has 3 heterocycles. The molecule has 31 heavy (non-hydrogen) atoms. The Bertz CT molecular complexity index is 862. The van der Waals surface area contributed by atoms with Crippen molar-refractivity contribution in [2.24, 2.45) is 0 Å². The maximum absolute atomic E-state index is 13.5. The third-order valence-electron chi connectivity index (χ3n) is 7.14. The predicted octanol–water partition coefficient (Wildman–Crippen LogP) is 2.69. The van der Waals surface area contributed by atoms with Gasteiger partial charge in [0, 0.05) is 38.5 Å². The molecule has 2 fully saturated rings. The van der Waals surface area contributed by atoms with E-state index in [0.717, 1.165) is 19.3 Å². The third kappa shape index (κ3) is 4.27. The molecule has 3 amide bonds. The molecular formula is C24H33N3O4. The highest BCUT2D eigenvalue weighted by atomic mass is 16.5. The normalized spacial score (nSPS) is 29.3. The first-order valence-corrected chi connectivity index (χ1v) is 11.4. The van der Waals surface area contributed by atoms with Crippen molar-refractivity contribution in [3.8, 4) is 5.75 Å². The van der Waals surface area contributed by atoms with E-state index in [1.165, 1.54) is 0 Å². The third-order valence-corrected chi connectivity index (χ3v) is 7.14. The second kappa shape index (κ2) is 8.52. The predicted molar refractivity (Wildman–Crippen MR) is 117 cm³/mol. The van der Waals surface area contributed by atoms with Crippen molar-refractivity contribution in [1.29, 1.82) is 0 Å². The van der Waals surface area contributed by atoms with Crippen LogP contribution in [0.1, 0.15) is 62.7 Å². The molecule has 0 bridgehead atoms. The summed E-state index contributed by atoms with van der Waals surface area (Å²) in [5, 5.41) is 0. The molecule has 0 radical (unpaired) electrons. The van der Waals surface area contributed by atoms with E-state index in [0.29, 0.717) is 43.7 Å². The molecule has 2 saturated heterocycles. The fraction of sp³-hybridized carbons (Fsp3) is 0.625. The lowest BCUT2D eigenvalue weighted by molar-refractivity contribution is -0.138. The van der Waals surface area contributed by atoms with Crippen LogP contribution < -0.4 is 4.74 Å². The van der Waals surface area contributed by atoms with Gasteiger partial charge in [0.05, 0.1) is 12.1 Å². The van der Waals surface area contributed by atoms with Gasteiger partial charge in [0.1, 0.15) is 17.9 Å². The minimum Gasteiger partial charge on any atom is -0.485 e. The molecule has 3 aliphatic heterocycles. The molecule has 0 N–H and O–H groups in total. The van der Waals surface area contributed by atoms with Crippen molar-refractivity contribution in [1.82, 2.24) is 14.7 Å². The van der Waals surface area contributed by atoms with Crippen LogP contribution in [0.5, 0.6) is 5.75 Å². The van der Waals surface area contributed by atoms with E-state index in [4.69, 9.17) is 4.74 Å². The van der Waals surface area contributed by atoms with E-state index >= 15 is 0 Å². The summed E-state index contributed by atoms with van der Waals surface area (Å²) in [7, 11) is 1.80. The van der Waals surface area contributed by atoms with Gasteiger partial charge in [-0.1, -0.05) is 12.1 Å². The Morgan fingerprint density at radius 2 is 1.84 bits per heavy atom. The first-order valence-electron chi connectivity index (χ1n) is 11.4.